The van der Waals surface area contributed by atoms with E-state index in [-0.39, 0.29) is 6.61 Å². The zero-order valence-electron chi connectivity index (χ0n) is 12.7. The molecule has 2 N–H and O–H groups in total. The van der Waals surface area contributed by atoms with Gasteiger partial charge < -0.3 is 19.9 Å². The molecule has 1 rings (SSSR count). The molecule has 4 nitrogen and oxygen atoms in total. The van der Waals surface area contributed by atoms with Gasteiger partial charge in [-0.25, -0.2) is 0 Å². The highest BCUT2D eigenvalue weighted by Crippen LogP contribution is 2.28. The number of rotatable bonds is 11. The number of methoxy groups -OCH3 is 1. The average Bonchev–Trinajstić information content (AvgIpc) is 2.47. The molecule has 0 aliphatic carbocycles. The van der Waals surface area contributed by atoms with Gasteiger partial charge in [-0.05, 0) is 49.9 Å². The molecule has 0 aliphatic rings. The Morgan fingerprint density at radius 3 is 2.70 bits per heavy atom. The van der Waals surface area contributed by atoms with Crippen LogP contribution in [0.2, 0.25) is 0 Å². The van der Waals surface area contributed by atoms with Crippen LogP contribution in [0, 0.1) is 0 Å². The van der Waals surface area contributed by atoms with Gasteiger partial charge in [0.25, 0.3) is 0 Å². The van der Waals surface area contributed by atoms with Gasteiger partial charge in [-0.15, -0.1) is 0 Å². The lowest BCUT2D eigenvalue weighted by Gasteiger charge is -2.12. The minimum atomic E-state index is 0.252. The summed E-state index contributed by atoms with van der Waals surface area (Å²) in [5.41, 5.74) is 1.20. The second-order valence-corrected chi connectivity index (χ2v) is 4.79. The lowest BCUT2D eigenvalue weighted by Crippen LogP contribution is -2.13. The van der Waals surface area contributed by atoms with E-state index in [2.05, 4.69) is 18.3 Å². The molecule has 0 fully saturated rings. The van der Waals surface area contributed by atoms with Crippen LogP contribution in [0.15, 0.2) is 18.2 Å². The normalized spacial score (nSPS) is 10.6. The van der Waals surface area contributed by atoms with E-state index in [1.165, 1.54) is 5.56 Å². The summed E-state index contributed by atoms with van der Waals surface area (Å²) in [6, 6.07) is 6.04. The van der Waals surface area contributed by atoms with Crippen LogP contribution < -0.4 is 14.8 Å². The third-order valence-corrected chi connectivity index (χ3v) is 3.04. The van der Waals surface area contributed by atoms with Crippen molar-refractivity contribution in [3.8, 4) is 11.5 Å². The largest absolute Gasteiger partial charge is 0.493 e. The number of hydrogen-bond donors (Lipinski definition) is 2. The van der Waals surface area contributed by atoms with Gasteiger partial charge in [0, 0.05) is 13.2 Å². The maximum atomic E-state index is 8.74. The number of benzene rings is 1. The van der Waals surface area contributed by atoms with Gasteiger partial charge >= 0.3 is 0 Å². The maximum Gasteiger partial charge on any atom is 0.161 e. The minimum absolute atomic E-state index is 0.252. The fourth-order valence-electron chi connectivity index (χ4n) is 1.93. The van der Waals surface area contributed by atoms with Crippen LogP contribution in [0.25, 0.3) is 0 Å². The van der Waals surface area contributed by atoms with Gasteiger partial charge in [0.15, 0.2) is 11.5 Å². The van der Waals surface area contributed by atoms with Crippen LogP contribution in [-0.2, 0) is 6.54 Å². The van der Waals surface area contributed by atoms with Crippen LogP contribution in [-0.4, -0.2) is 32.0 Å². The van der Waals surface area contributed by atoms with Crippen molar-refractivity contribution in [1.29, 1.82) is 0 Å². The van der Waals surface area contributed by atoms with Gasteiger partial charge in [-0.1, -0.05) is 13.0 Å². The van der Waals surface area contributed by atoms with Crippen LogP contribution >= 0.6 is 0 Å². The van der Waals surface area contributed by atoms with E-state index in [0.717, 1.165) is 50.3 Å². The Morgan fingerprint density at radius 2 is 2.00 bits per heavy atom. The third kappa shape index (κ3) is 6.26. The molecular weight excluding hydrogens is 254 g/mol. The molecule has 0 bridgehead atoms. The smallest absolute Gasteiger partial charge is 0.161 e. The summed E-state index contributed by atoms with van der Waals surface area (Å²) in [4.78, 5) is 0. The lowest BCUT2D eigenvalue weighted by molar-refractivity contribution is 0.260. The molecule has 0 spiro atoms. The Morgan fingerprint density at radius 1 is 1.15 bits per heavy atom. The number of nitrogens with one attached hydrogen (secondary N) is 1. The predicted molar refractivity (Wildman–Crippen MR) is 81.4 cm³/mol. The molecule has 1 aromatic carbocycles. The van der Waals surface area contributed by atoms with Gasteiger partial charge in [-0.3, -0.25) is 0 Å². The monoisotopic (exact) mass is 281 g/mol. The van der Waals surface area contributed by atoms with Crippen molar-refractivity contribution < 1.29 is 14.6 Å². The molecule has 0 saturated carbocycles. The third-order valence-electron chi connectivity index (χ3n) is 3.04. The van der Waals surface area contributed by atoms with Crippen LogP contribution in [0.5, 0.6) is 11.5 Å². The average molecular weight is 281 g/mol. The minimum Gasteiger partial charge on any atom is -0.493 e. The van der Waals surface area contributed by atoms with Crippen LogP contribution in [0.3, 0.4) is 0 Å². The first kappa shape index (κ1) is 16.8. The van der Waals surface area contributed by atoms with Crippen molar-refractivity contribution in [3.63, 3.8) is 0 Å². The number of aliphatic hydroxyl groups is 1. The molecule has 0 saturated heterocycles. The van der Waals surface area contributed by atoms with Crippen molar-refractivity contribution in [1.82, 2.24) is 5.32 Å². The summed E-state index contributed by atoms with van der Waals surface area (Å²) in [6.07, 6.45) is 3.89. The van der Waals surface area contributed by atoms with E-state index in [0.29, 0.717) is 6.61 Å². The van der Waals surface area contributed by atoms with Crippen molar-refractivity contribution >= 4 is 0 Å². The number of aliphatic hydroxyl groups excluding tert-OH is 1. The molecule has 1 aromatic rings. The summed E-state index contributed by atoms with van der Waals surface area (Å²) >= 11 is 0. The van der Waals surface area contributed by atoms with Crippen molar-refractivity contribution in [3.05, 3.63) is 23.8 Å². The first-order valence-corrected chi connectivity index (χ1v) is 7.43. The van der Waals surface area contributed by atoms with E-state index in [4.69, 9.17) is 14.6 Å². The molecule has 0 heterocycles. The van der Waals surface area contributed by atoms with Gasteiger partial charge in [0.05, 0.1) is 13.7 Å². The number of unbranched alkanes of at least 4 members (excludes halogenated alkanes) is 2. The molecule has 0 radical (unpaired) electrons. The van der Waals surface area contributed by atoms with Crippen LogP contribution in [0.4, 0.5) is 0 Å². The highest BCUT2D eigenvalue weighted by Gasteiger charge is 2.05. The molecule has 0 amide bonds. The van der Waals surface area contributed by atoms with E-state index < -0.39 is 0 Å². The Labute approximate surface area is 122 Å². The Bertz CT molecular complexity index is 369. The maximum absolute atomic E-state index is 8.74. The predicted octanol–water partition coefficient (Wildman–Crippen LogP) is 2.74. The molecule has 0 aromatic heterocycles. The van der Waals surface area contributed by atoms with E-state index in [1.54, 1.807) is 7.11 Å². The summed E-state index contributed by atoms with van der Waals surface area (Å²) < 4.78 is 11.1. The lowest BCUT2D eigenvalue weighted by atomic mass is 10.2. The zero-order valence-corrected chi connectivity index (χ0v) is 12.7. The van der Waals surface area contributed by atoms with Crippen molar-refractivity contribution in [2.45, 2.75) is 39.2 Å². The summed E-state index contributed by atoms with van der Waals surface area (Å²) in [5, 5.41) is 12.1. The Hall–Kier alpha value is -1.26. The molecule has 0 atom stereocenters. The fourth-order valence-corrected chi connectivity index (χ4v) is 1.93. The molecule has 0 unspecified atom stereocenters. The van der Waals surface area contributed by atoms with E-state index in [9.17, 15) is 0 Å². The quantitative estimate of drug-likeness (QED) is 0.612. The molecule has 4 heteroatoms. The summed E-state index contributed by atoms with van der Waals surface area (Å²) in [6.45, 7) is 4.92. The van der Waals surface area contributed by atoms with E-state index >= 15 is 0 Å². The fraction of sp³-hybridized carbons (Fsp3) is 0.625. The Balaban J connectivity index is 2.50. The van der Waals surface area contributed by atoms with Crippen molar-refractivity contribution in [2.75, 3.05) is 26.9 Å². The Kier molecular flexibility index (Phi) is 8.83. The summed E-state index contributed by atoms with van der Waals surface area (Å²) in [7, 11) is 1.66. The SMILES string of the molecule is CCCNCc1ccc(OC)c(OCCCCCO)c1. The molecule has 114 valence electrons. The topological polar surface area (TPSA) is 50.7 Å². The van der Waals surface area contributed by atoms with E-state index in [1.807, 2.05) is 12.1 Å². The summed E-state index contributed by atoms with van der Waals surface area (Å²) in [5.74, 6) is 1.57. The zero-order chi connectivity index (χ0) is 14.6. The highest BCUT2D eigenvalue weighted by atomic mass is 16.5. The van der Waals surface area contributed by atoms with Crippen molar-refractivity contribution in [2.24, 2.45) is 0 Å². The second kappa shape index (κ2) is 10.5. The molecule has 20 heavy (non-hydrogen) atoms. The highest BCUT2D eigenvalue weighted by molar-refractivity contribution is 5.42. The first-order chi connectivity index (χ1) is 9.81. The van der Waals surface area contributed by atoms with Gasteiger partial charge in [0.1, 0.15) is 0 Å². The number of hydrogen-bond acceptors (Lipinski definition) is 4. The molecular formula is C16H27NO3. The first-order valence-electron chi connectivity index (χ1n) is 7.43. The number of ether oxygens (including phenoxy) is 2. The van der Waals surface area contributed by atoms with Gasteiger partial charge in [0.2, 0.25) is 0 Å². The molecule has 0 aliphatic heterocycles. The standard InChI is InChI=1S/C16H27NO3/c1-3-9-17-13-14-7-8-15(19-2)16(12-14)20-11-6-4-5-10-18/h7-8,12,17-18H,3-6,9-11,13H2,1-2H3. The van der Waals surface area contributed by atoms with Gasteiger partial charge in [-0.2, -0.15) is 0 Å². The second-order valence-electron chi connectivity index (χ2n) is 4.79. The van der Waals surface area contributed by atoms with Crippen LogP contribution in [0.1, 0.15) is 38.2 Å².